The van der Waals surface area contributed by atoms with E-state index < -0.39 is 0 Å². The van der Waals surface area contributed by atoms with E-state index in [0.29, 0.717) is 0 Å². The highest BCUT2D eigenvalue weighted by atomic mass is 16.1. The Hall–Kier alpha value is -1.38. The quantitative estimate of drug-likeness (QED) is 0.734. The Labute approximate surface area is 103 Å². The van der Waals surface area contributed by atoms with Gasteiger partial charge in [0.15, 0.2) is 5.78 Å². The third-order valence-corrected chi connectivity index (χ3v) is 3.56. The molecular formula is C14H20N2O. The van der Waals surface area contributed by atoms with Gasteiger partial charge in [-0.2, -0.15) is 5.10 Å². The number of aromatic nitrogens is 2. The number of nitrogens with zero attached hydrogens (tertiary/aromatic N) is 2. The SMILES string of the molecule is Cc1c(C(=O)C2=CCCCCCC2)cnn1C. The van der Waals surface area contributed by atoms with Gasteiger partial charge in [-0.3, -0.25) is 9.48 Å². The smallest absolute Gasteiger partial charge is 0.192 e. The molecular weight excluding hydrogens is 212 g/mol. The van der Waals surface area contributed by atoms with Crippen molar-refractivity contribution in [2.24, 2.45) is 7.05 Å². The van der Waals surface area contributed by atoms with Crippen molar-refractivity contribution in [3.8, 4) is 0 Å². The molecule has 0 spiro atoms. The Morgan fingerprint density at radius 1 is 1.29 bits per heavy atom. The number of aryl methyl sites for hydroxylation is 1. The molecule has 0 aromatic carbocycles. The summed E-state index contributed by atoms with van der Waals surface area (Å²) in [4.78, 5) is 12.4. The van der Waals surface area contributed by atoms with Gasteiger partial charge in [0.2, 0.25) is 0 Å². The van der Waals surface area contributed by atoms with Gasteiger partial charge in [-0.1, -0.05) is 18.9 Å². The molecule has 17 heavy (non-hydrogen) atoms. The first-order valence-corrected chi connectivity index (χ1v) is 6.42. The Bertz CT molecular complexity index is 443. The lowest BCUT2D eigenvalue weighted by atomic mass is 9.94. The van der Waals surface area contributed by atoms with Crippen LogP contribution < -0.4 is 0 Å². The van der Waals surface area contributed by atoms with Crippen molar-refractivity contribution in [3.63, 3.8) is 0 Å². The molecule has 0 aliphatic heterocycles. The minimum atomic E-state index is 0.178. The van der Waals surface area contributed by atoms with E-state index in [1.54, 1.807) is 10.9 Å². The summed E-state index contributed by atoms with van der Waals surface area (Å²) in [7, 11) is 1.87. The van der Waals surface area contributed by atoms with Gasteiger partial charge < -0.3 is 0 Å². The molecule has 3 nitrogen and oxygen atoms in total. The predicted octanol–water partition coefficient (Wildman–Crippen LogP) is 3.19. The first-order chi connectivity index (χ1) is 8.20. The summed E-state index contributed by atoms with van der Waals surface area (Å²) in [5.41, 5.74) is 2.71. The third kappa shape index (κ3) is 2.65. The number of ketones is 1. The fourth-order valence-corrected chi connectivity index (χ4v) is 2.29. The molecule has 3 heteroatoms. The number of rotatable bonds is 2. The van der Waals surface area contributed by atoms with E-state index in [4.69, 9.17) is 0 Å². The third-order valence-electron chi connectivity index (χ3n) is 3.56. The van der Waals surface area contributed by atoms with Crippen molar-refractivity contribution in [2.45, 2.75) is 45.4 Å². The molecule has 1 aliphatic rings. The zero-order chi connectivity index (χ0) is 12.3. The zero-order valence-corrected chi connectivity index (χ0v) is 10.7. The molecule has 0 saturated heterocycles. The van der Waals surface area contributed by atoms with Crippen molar-refractivity contribution in [3.05, 3.63) is 29.1 Å². The molecule has 1 aliphatic carbocycles. The minimum absolute atomic E-state index is 0.178. The van der Waals surface area contributed by atoms with E-state index in [9.17, 15) is 4.79 Å². The van der Waals surface area contributed by atoms with Gasteiger partial charge in [-0.15, -0.1) is 0 Å². The second-order valence-electron chi connectivity index (χ2n) is 4.78. The summed E-state index contributed by atoms with van der Waals surface area (Å²) in [6, 6.07) is 0. The van der Waals surface area contributed by atoms with E-state index in [1.165, 1.54) is 19.3 Å². The van der Waals surface area contributed by atoms with E-state index in [2.05, 4.69) is 11.2 Å². The lowest BCUT2D eigenvalue weighted by Crippen LogP contribution is -2.06. The van der Waals surface area contributed by atoms with Crippen LogP contribution in [-0.2, 0) is 7.05 Å². The van der Waals surface area contributed by atoms with Crippen LogP contribution in [0.2, 0.25) is 0 Å². The summed E-state index contributed by atoms with van der Waals surface area (Å²) in [5, 5.41) is 4.14. The highest BCUT2D eigenvalue weighted by Crippen LogP contribution is 2.21. The fraction of sp³-hybridized carbons (Fsp3) is 0.571. The standard InChI is InChI=1S/C14H20N2O/c1-11-13(10-15-16(11)2)14(17)12-8-6-4-3-5-7-9-12/h8,10H,3-7,9H2,1-2H3. The maximum atomic E-state index is 12.4. The maximum absolute atomic E-state index is 12.4. The van der Waals surface area contributed by atoms with E-state index in [1.807, 2.05) is 14.0 Å². The predicted molar refractivity (Wildman–Crippen MR) is 68.1 cm³/mol. The summed E-state index contributed by atoms with van der Waals surface area (Å²) < 4.78 is 1.76. The lowest BCUT2D eigenvalue weighted by Gasteiger charge is -2.10. The minimum Gasteiger partial charge on any atom is -0.289 e. The molecule has 0 atom stereocenters. The van der Waals surface area contributed by atoms with Crippen LogP contribution in [0.5, 0.6) is 0 Å². The van der Waals surface area contributed by atoms with Crippen LogP contribution in [0.1, 0.15) is 54.6 Å². The van der Waals surface area contributed by atoms with E-state index in [-0.39, 0.29) is 5.78 Å². The number of allylic oxidation sites excluding steroid dienone is 2. The van der Waals surface area contributed by atoms with Crippen LogP contribution in [0.25, 0.3) is 0 Å². The van der Waals surface area contributed by atoms with Crippen molar-refractivity contribution >= 4 is 5.78 Å². The largest absolute Gasteiger partial charge is 0.289 e. The monoisotopic (exact) mass is 232 g/mol. The van der Waals surface area contributed by atoms with Gasteiger partial charge in [-0.05, 0) is 38.2 Å². The van der Waals surface area contributed by atoms with Gasteiger partial charge in [-0.25, -0.2) is 0 Å². The van der Waals surface area contributed by atoms with Crippen molar-refractivity contribution in [1.82, 2.24) is 9.78 Å². The van der Waals surface area contributed by atoms with Crippen LogP contribution in [0.3, 0.4) is 0 Å². The summed E-state index contributed by atoms with van der Waals surface area (Å²) in [5.74, 6) is 0.178. The molecule has 0 amide bonds. The van der Waals surface area contributed by atoms with Gasteiger partial charge in [0.1, 0.15) is 0 Å². The van der Waals surface area contributed by atoms with Gasteiger partial charge in [0, 0.05) is 12.7 Å². The Morgan fingerprint density at radius 2 is 2.06 bits per heavy atom. The topological polar surface area (TPSA) is 34.9 Å². The van der Waals surface area contributed by atoms with Gasteiger partial charge in [0.25, 0.3) is 0 Å². The summed E-state index contributed by atoms with van der Waals surface area (Å²) >= 11 is 0. The highest BCUT2D eigenvalue weighted by molar-refractivity contribution is 6.09. The maximum Gasteiger partial charge on any atom is 0.192 e. The van der Waals surface area contributed by atoms with E-state index in [0.717, 1.165) is 36.1 Å². The Morgan fingerprint density at radius 3 is 2.76 bits per heavy atom. The number of carbonyl (C=O) groups is 1. The first-order valence-electron chi connectivity index (χ1n) is 6.42. The molecule has 0 bridgehead atoms. The van der Waals surface area contributed by atoms with Crippen LogP contribution in [0, 0.1) is 6.92 Å². The average Bonchev–Trinajstić information content (AvgIpc) is 2.58. The molecule has 0 fully saturated rings. The van der Waals surface area contributed by atoms with Crippen molar-refractivity contribution in [1.29, 1.82) is 0 Å². The molecule has 0 radical (unpaired) electrons. The molecule has 1 heterocycles. The molecule has 1 aromatic heterocycles. The highest BCUT2D eigenvalue weighted by Gasteiger charge is 2.17. The summed E-state index contributed by atoms with van der Waals surface area (Å²) in [6.45, 7) is 1.95. The van der Waals surface area contributed by atoms with Crippen LogP contribution in [0.15, 0.2) is 17.8 Å². The number of Topliss-reactive ketones (excluding diaryl/α,β-unsaturated/α-hetero) is 1. The lowest BCUT2D eigenvalue weighted by molar-refractivity contribution is 0.102. The molecule has 0 saturated carbocycles. The summed E-state index contributed by atoms with van der Waals surface area (Å²) in [6.07, 6.45) is 10.7. The zero-order valence-electron chi connectivity index (χ0n) is 10.7. The first kappa shape index (κ1) is 12.1. The van der Waals surface area contributed by atoms with Gasteiger partial charge >= 0.3 is 0 Å². The Balaban J connectivity index is 2.21. The number of carbonyl (C=O) groups excluding carboxylic acids is 1. The normalized spacial score (nSPS) is 17.2. The molecule has 0 N–H and O–H groups in total. The molecule has 2 rings (SSSR count). The van der Waals surface area contributed by atoms with Crippen LogP contribution in [0.4, 0.5) is 0 Å². The molecule has 92 valence electrons. The fourth-order valence-electron chi connectivity index (χ4n) is 2.29. The van der Waals surface area contributed by atoms with E-state index >= 15 is 0 Å². The number of hydrogen-bond donors (Lipinski definition) is 0. The van der Waals surface area contributed by atoms with Crippen LogP contribution in [-0.4, -0.2) is 15.6 Å². The van der Waals surface area contributed by atoms with Crippen molar-refractivity contribution in [2.75, 3.05) is 0 Å². The molecule has 0 unspecified atom stereocenters. The Kier molecular flexibility index (Phi) is 3.77. The molecule has 1 aromatic rings. The number of hydrogen-bond acceptors (Lipinski definition) is 2. The average molecular weight is 232 g/mol. The second kappa shape index (κ2) is 5.30. The van der Waals surface area contributed by atoms with Crippen molar-refractivity contribution < 1.29 is 4.79 Å². The second-order valence-corrected chi connectivity index (χ2v) is 4.78. The van der Waals surface area contributed by atoms with Gasteiger partial charge in [0.05, 0.1) is 11.8 Å². The van der Waals surface area contributed by atoms with Crippen LogP contribution >= 0.6 is 0 Å².